The van der Waals surface area contributed by atoms with Gasteiger partial charge in [-0.25, -0.2) is 9.97 Å². The molecular weight excluding hydrogens is 238 g/mol. The van der Waals surface area contributed by atoms with Crippen molar-refractivity contribution >= 4 is 17.5 Å². The number of hydrogen-bond acceptors (Lipinski definition) is 4. The van der Waals surface area contributed by atoms with E-state index in [4.69, 9.17) is 16.3 Å². The first-order chi connectivity index (χ1) is 8.34. The normalized spacial score (nSPS) is 20.2. The molecule has 1 aromatic heterocycles. The zero-order valence-electron chi connectivity index (χ0n) is 9.78. The molecule has 3 heterocycles. The number of piperidine rings is 1. The Labute approximate surface area is 106 Å². The molecule has 3 rings (SSSR count). The van der Waals surface area contributed by atoms with Crippen LogP contribution >= 0.6 is 11.6 Å². The highest BCUT2D eigenvalue weighted by Gasteiger charge is 2.20. The zero-order chi connectivity index (χ0) is 11.7. The van der Waals surface area contributed by atoms with E-state index in [1.54, 1.807) is 0 Å². The molecule has 0 N–H and O–H groups in total. The number of ether oxygens (including phenoxy) is 1. The van der Waals surface area contributed by atoms with Crippen molar-refractivity contribution in [1.29, 1.82) is 0 Å². The lowest BCUT2D eigenvalue weighted by molar-refractivity contribution is 0.109. The fourth-order valence-electron chi connectivity index (χ4n) is 2.42. The Morgan fingerprint density at radius 2 is 1.94 bits per heavy atom. The SMILES string of the molecule is Clc1nc(N2CCCCC2)nc2c1COCC2. The van der Waals surface area contributed by atoms with Crippen LogP contribution in [-0.4, -0.2) is 29.7 Å². The fourth-order valence-corrected chi connectivity index (χ4v) is 2.65. The predicted octanol–water partition coefficient (Wildman–Crippen LogP) is 2.19. The molecule has 1 aromatic rings. The summed E-state index contributed by atoms with van der Waals surface area (Å²) in [6.45, 7) is 3.38. The van der Waals surface area contributed by atoms with Crippen LogP contribution in [0.3, 0.4) is 0 Å². The summed E-state index contributed by atoms with van der Waals surface area (Å²) < 4.78 is 5.38. The molecule has 4 nitrogen and oxygen atoms in total. The monoisotopic (exact) mass is 253 g/mol. The molecule has 0 aliphatic carbocycles. The Morgan fingerprint density at radius 1 is 1.12 bits per heavy atom. The summed E-state index contributed by atoms with van der Waals surface area (Å²) in [7, 11) is 0. The van der Waals surface area contributed by atoms with Crippen molar-refractivity contribution in [2.45, 2.75) is 32.3 Å². The number of anilines is 1. The van der Waals surface area contributed by atoms with E-state index in [1.165, 1.54) is 19.3 Å². The van der Waals surface area contributed by atoms with Crippen molar-refractivity contribution in [2.24, 2.45) is 0 Å². The van der Waals surface area contributed by atoms with E-state index >= 15 is 0 Å². The molecule has 0 spiro atoms. The second kappa shape index (κ2) is 4.78. The van der Waals surface area contributed by atoms with Crippen molar-refractivity contribution in [3.8, 4) is 0 Å². The van der Waals surface area contributed by atoms with Crippen LogP contribution in [0.5, 0.6) is 0 Å². The quantitative estimate of drug-likeness (QED) is 0.720. The fraction of sp³-hybridized carbons (Fsp3) is 0.667. The number of nitrogens with zero attached hydrogens (tertiary/aromatic N) is 3. The average Bonchev–Trinajstić information content (AvgIpc) is 2.40. The first-order valence-electron chi connectivity index (χ1n) is 6.22. The number of aromatic nitrogens is 2. The van der Waals surface area contributed by atoms with Gasteiger partial charge in [0.25, 0.3) is 0 Å². The molecule has 1 fully saturated rings. The molecule has 2 aliphatic heterocycles. The molecule has 0 unspecified atom stereocenters. The van der Waals surface area contributed by atoms with Gasteiger partial charge in [0.1, 0.15) is 5.15 Å². The molecule has 0 bridgehead atoms. The lowest BCUT2D eigenvalue weighted by atomic mass is 10.1. The van der Waals surface area contributed by atoms with Crippen LogP contribution < -0.4 is 4.90 Å². The summed E-state index contributed by atoms with van der Waals surface area (Å²) in [6.07, 6.45) is 4.60. The maximum absolute atomic E-state index is 6.21. The Balaban J connectivity index is 1.92. The first kappa shape index (κ1) is 11.2. The number of halogens is 1. The van der Waals surface area contributed by atoms with E-state index in [9.17, 15) is 0 Å². The van der Waals surface area contributed by atoms with Gasteiger partial charge in [-0.1, -0.05) is 11.6 Å². The minimum atomic E-state index is 0.550. The second-order valence-electron chi connectivity index (χ2n) is 4.59. The molecule has 0 amide bonds. The maximum atomic E-state index is 6.21. The van der Waals surface area contributed by atoms with Gasteiger partial charge in [-0.3, -0.25) is 0 Å². The van der Waals surface area contributed by atoms with Crippen molar-refractivity contribution in [3.63, 3.8) is 0 Å². The van der Waals surface area contributed by atoms with Crippen molar-refractivity contribution in [3.05, 3.63) is 16.4 Å². The Hall–Kier alpha value is -0.870. The van der Waals surface area contributed by atoms with Crippen molar-refractivity contribution < 1.29 is 4.74 Å². The van der Waals surface area contributed by atoms with Crippen LogP contribution in [0, 0.1) is 0 Å². The van der Waals surface area contributed by atoms with Gasteiger partial charge in [0.15, 0.2) is 0 Å². The van der Waals surface area contributed by atoms with Crippen molar-refractivity contribution in [1.82, 2.24) is 9.97 Å². The van der Waals surface area contributed by atoms with Gasteiger partial charge in [-0.15, -0.1) is 0 Å². The number of rotatable bonds is 1. The third kappa shape index (κ3) is 2.24. The van der Waals surface area contributed by atoms with Gasteiger partial charge >= 0.3 is 0 Å². The van der Waals surface area contributed by atoms with E-state index in [1.807, 2.05) is 0 Å². The highest BCUT2D eigenvalue weighted by Crippen LogP contribution is 2.25. The summed E-state index contributed by atoms with van der Waals surface area (Å²) in [5.41, 5.74) is 2.04. The van der Waals surface area contributed by atoms with Gasteiger partial charge < -0.3 is 9.64 Å². The lowest BCUT2D eigenvalue weighted by Gasteiger charge is -2.28. The minimum Gasteiger partial charge on any atom is -0.376 e. The van der Waals surface area contributed by atoms with Gasteiger partial charge in [0.2, 0.25) is 5.95 Å². The van der Waals surface area contributed by atoms with E-state index in [0.717, 1.165) is 43.3 Å². The molecular formula is C12H16ClN3O. The van der Waals surface area contributed by atoms with Gasteiger partial charge in [-0.05, 0) is 19.3 Å². The second-order valence-corrected chi connectivity index (χ2v) is 4.95. The van der Waals surface area contributed by atoms with Crippen LogP contribution in [0.25, 0.3) is 0 Å². The largest absolute Gasteiger partial charge is 0.376 e. The Morgan fingerprint density at radius 3 is 2.76 bits per heavy atom. The zero-order valence-corrected chi connectivity index (χ0v) is 10.5. The van der Waals surface area contributed by atoms with Gasteiger partial charge in [0, 0.05) is 25.1 Å². The van der Waals surface area contributed by atoms with Crippen LogP contribution in [0.1, 0.15) is 30.5 Å². The Kier molecular flexibility index (Phi) is 3.16. The van der Waals surface area contributed by atoms with Gasteiger partial charge in [0.05, 0.1) is 18.9 Å². The standard InChI is InChI=1S/C12H16ClN3O/c13-11-9-8-17-7-4-10(9)14-12(15-11)16-5-2-1-3-6-16/h1-8H2. The van der Waals surface area contributed by atoms with E-state index < -0.39 is 0 Å². The van der Waals surface area contributed by atoms with Crippen LogP contribution in [0.4, 0.5) is 5.95 Å². The van der Waals surface area contributed by atoms with E-state index in [0.29, 0.717) is 11.8 Å². The molecule has 92 valence electrons. The Bertz CT molecular complexity index is 418. The minimum absolute atomic E-state index is 0.550. The molecule has 0 radical (unpaired) electrons. The predicted molar refractivity (Wildman–Crippen MR) is 66.5 cm³/mol. The highest BCUT2D eigenvalue weighted by atomic mass is 35.5. The smallest absolute Gasteiger partial charge is 0.227 e. The number of hydrogen-bond donors (Lipinski definition) is 0. The third-order valence-corrected chi connectivity index (χ3v) is 3.71. The van der Waals surface area contributed by atoms with Crippen molar-refractivity contribution in [2.75, 3.05) is 24.6 Å². The maximum Gasteiger partial charge on any atom is 0.227 e. The molecule has 17 heavy (non-hydrogen) atoms. The van der Waals surface area contributed by atoms with Crippen LogP contribution in [0.15, 0.2) is 0 Å². The first-order valence-corrected chi connectivity index (χ1v) is 6.60. The van der Waals surface area contributed by atoms with Gasteiger partial charge in [-0.2, -0.15) is 0 Å². The summed E-state index contributed by atoms with van der Waals surface area (Å²) in [6, 6.07) is 0. The molecule has 1 saturated heterocycles. The van der Waals surface area contributed by atoms with E-state index in [2.05, 4.69) is 14.9 Å². The summed E-state index contributed by atoms with van der Waals surface area (Å²) >= 11 is 6.21. The molecule has 0 atom stereocenters. The van der Waals surface area contributed by atoms with Crippen LogP contribution in [-0.2, 0) is 17.8 Å². The topological polar surface area (TPSA) is 38.2 Å². The molecule has 0 aromatic carbocycles. The average molecular weight is 254 g/mol. The molecule has 5 heteroatoms. The summed E-state index contributed by atoms with van der Waals surface area (Å²) in [4.78, 5) is 11.3. The highest BCUT2D eigenvalue weighted by molar-refractivity contribution is 6.30. The lowest BCUT2D eigenvalue weighted by Crippen LogP contribution is -2.31. The van der Waals surface area contributed by atoms with E-state index in [-0.39, 0.29) is 0 Å². The molecule has 2 aliphatic rings. The summed E-state index contributed by atoms with van der Waals surface area (Å²) in [5, 5.41) is 0.565. The van der Waals surface area contributed by atoms with Crippen LogP contribution in [0.2, 0.25) is 5.15 Å². The number of fused-ring (bicyclic) bond motifs is 1. The summed E-state index contributed by atoms with van der Waals surface area (Å²) in [5.74, 6) is 0.801. The third-order valence-electron chi connectivity index (χ3n) is 3.40. The molecule has 0 saturated carbocycles.